The summed E-state index contributed by atoms with van der Waals surface area (Å²) in [5, 5.41) is 6.34. The predicted molar refractivity (Wildman–Crippen MR) is 118 cm³/mol. The van der Waals surface area contributed by atoms with Gasteiger partial charge in [0.1, 0.15) is 11.4 Å². The molecule has 1 aliphatic heterocycles. The van der Waals surface area contributed by atoms with Crippen molar-refractivity contribution in [2.75, 3.05) is 23.3 Å². The van der Waals surface area contributed by atoms with Gasteiger partial charge in [-0.15, -0.1) is 0 Å². The van der Waals surface area contributed by atoms with E-state index in [1.165, 1.54) is 25.1 Å². The molecule has 2 aliphatic rings. The Labute approximate surface area is 190 Å². The number of anilines is 2. The second-order valence-corrected chi connectivity index (χ2v) is 9.49. The molecule has 0 radical (unpaired) electrons. The van der Waals surface area contributed by atoms with Crippen molar-refractivity contribution in [1.82, 2.24) is 14.6 Å². The highest BCUT2D eigenvalue weighted by atomic mass is 127. The number of carbonyl (C=O) groups is 1. The zero-order valence-electron chi connectivity index (χ0n) is 16.4. The Hall–Kier alpha value is -2.37. The molecule has 1 amide bonds. The van der Waals surface area contributed by atoms with Gasteiger partial charge in [0, 0.05) is 22.9 Å². The van der Waals surface area contributed by atoms with Crippen LogP contribution in [-0.4, -0.2) is 33.6 Å². The van der Waals surface area contributed by atoms with Crippen LogP contribution in [-0.2, 0) is 6.18 Å². The van der Waals surface area contributed by atoms with Crippen LogP contribution in [0.4, 0.5) is 24.7 Å². The lowest BCUT2D eigenvalue weighted by Gasteiger charge is -2.35. The zero-order valence-corrected chi connectivity index (χ0v) is 18.6. The largest absolute Gasteiger partial charge is 0.421 e. The predicted octanol–water partition coefficient (Wildman–Crippen LogP) is 4.99. The van der Waals surface area contributed by atoms with Gasteiger partial charge in [0.05, 0.1) is 17.4 Å². The monoisotopic (exact) mass is 541 g/mol. The molecule has 162 valence electrons. The summed E-state index contributed by atoms with van der Waals surface area (Å²) in [6.45, 7) is 1.80. The van der Waals surface area contributed by atoms with E-state index in [0.717, 1.165) is 45.9 Å². The topological polar surface area (TPSA) is 62.5 Å². The van der Waals surface area contributed by atoms with Crippen LogP contribution < -0.4 is 10.2 Å². The van der Waals surface area contributed by atoms with Crippen LogP contribution in [0.25, 0.3) is 5.65 Å². The molecule has 5 rings (SSSR count). The third kappa shape index (κ3) is 3.97. The minimum absolute atomic E-state index is 0.0450. The summed E-state index contributed by atoms with van der Waals surface area (Å²) < 4.78 is 41.6. The lowest BCUT2D eigenvalue weighted by atomic mass is 9.93. The van der Waals surface area contributed by atoms with Crippen molar-refractivity contribution in [1.29, 1.82) is 0 Å². The first-order valence-electron chi connectivity index (χ1n) is 10.0. The number of nitrogens with one attached hydrogen (secondary N) is 1. The number of fused-ring (bicyclic) bond motifs is 1. The second kappa shape index (κ2) is 7.35. The molecule has 2 aromatic heterocycles. The fraction of sp³-hybridized carbons (Fsp3) is 0.381. The Morgan fingerprint density at radius 1 is 1.13 bits per heavy atom. The van der Waals surface area contributed by atoms with E-state index in [1.54, 1.807) is 6.07 Å². The molecule has 1 saturated heterocycles. The van der Waals surface area contributed by atoms with Crippen LogP contribution in [0.1, 0.15) is 41.6 Å². The van der Waals surface area contributed by atoms with Gasteiger partial charge in [-0.2, -0.15) is 18.3 Å². The number of nitrogens with zero attached hydrogens (tertiary/aromatic N) is 4. The fourth-order valence-electron chi connectivity index (χ4n) is 4.18. The van der Waals surface area contributed by atoms with E-state index < -0.39 is 17.6 Å². The first-order chi connectivity index (χ1) is 14.7. The average molecular weight is 541 g/mol. The zero-order chi connectivity index (χ0) is 21.8. The summed E-state index contributed by atoms with van der Waals surface area (Å²) in [4.78, 5) is 19.3. The lowest BCUT2D eigenvalue weighted by molar-refractivity contribution is -0.136. The third-order valence-corrected chi connectivity index (χ3v) is 6.91. The van der Waals surface area contributed by atoms with Crippen LogP contribution in [0.3, 0.4) is 0 Å². The van der Waals surface area contributed by atoms with Gasteiger partial charge in [-0.25, -0.2) is 9.50 Å². The van der Waals surface area contributed by atoms with Crippen molar-refractivity contribution in [2.45, 2.75) is 31.9 Å². The highest BCUT2D eigenvalue weighted by Crippen LogP contribution is 2.54. The molecule has 1 aromatic carbocycles. The molecule has 3 heterocycles. The molecule has 6 nitrogen and oxygen atoms in total. The van der Waals surface area contributed by atoms with E-state index in [4.69, 9.17) is 0 Å². The van der Waals surface area contributed by atoms with Crippen molar-refractivity contribution in [2.24, 2.45) is 5.41 Å². The molecular weight excluding hydrogens is 522 g/mol. The van der Waals surface area contributed by atoms with Crippen LogP contribution in [0.2, 0.25) is 0 Å². The smallest absolute Gasteiger partial charge is 0.371 e. The van der Waals surface area contributed by atoms with Crippen molar-refractivity contribution >= 4 is 45.7 Å². The number of hydrogen-bond donors (Lipinski definition) is 1. The first kappa shape index (κ1) is 20.5. The lowest BCUT2D eigenvalue weighted by Crippen LogP contribution is -2.35. The van der Waals surface area contributed by atoms with E-state index in [2.05, 4.69) is 42.9 Å². The maximum atomic E-state index is 13.2. The molecule has 31 heavy (non-hydrogen) atoms. The summed E-state index contributed by atoms with van der Waals surface area (Å²) in [5.41, 5.74) is 0.557. The maximum absolute atomic E-state index is 13.2. The first-order valence-corrected chi connectivity index (χ1v) is 11.1. The maximum Gasteiger partial charge on any atom is 0.421 e. The number of amides is 1. The Bertz CT molecular complexity index is 1160. The Morgan fingerprint density at radius 3 is 2.55 bits per heavy atom. The fourth-order valence-corrected chi connectivity index (χ4v) is 4.65. The Balaban J connectivity index is 1.42. The summed E-state index contributed by atoms with van der Waals surface area (Å²) >= 11 is 2.22. The molecule has 1 spiro atoms. The number of rotatable bonds is 3. The van der Waals surface area contributed by atoms with Crippen LogP contribution >= 0.6 is 22.6 Å². The number of alkyl halides is 3. The van der Waals surface area contributed by atoms with Gasteiger partial charge in [-0.1, -0.05) is 0 Å². The van der Waals surface area contributed by atoms with Crippen molar-refractivity contribution in [3.63, 3.8) is 0 Å². The SMILES string of the molecule is O=C(Nc1ccn2ncc(C(F)(F)F)c2n1)c1ccc(I)cc1N1CCC2(CC1)CC2. The van der Waals surface area contributed by atoms with Crippen molar-refractivity contribution in [3.8, 4) is 0 Å². The summed E-state index contributed by atoms with van der Waals surface area (Å²) in [6, 6.07) is 7.02. The molecule has 2 fully saturated rings. The second-order valence-electron chi connectivity index (χ2n) is 8.24. The highest BCUT2D eigenvalue weighted by Gasteiger charge is 2.44. The molecule has 1 N–H and O–H groups in total. The molecule has 1 saturated carbocycles. The highest BCUT2D eigenvalue weighted by molar-refractivity contribution is 14.1. The number of carbonyl (C=O) groups excluding carboxylic acids is 1. The van der Waals surface area contributed by atoms with Gasteiger partial charge in [-0.05, 0) is 78.0 Å². The van der Waals surface area contributed by atoms with Crippen LogP contribution in [0, 0.1) is 8.99 Å². The summed E-state index contributed by atoms with van der Waals surface area (Å²) in [7, 11) is 0. The Kier molecular flexibility index (Phi) is 4.87. The molecule has 10 heteroatoms. The number of halogens is 4. The summed E-state index contributed by atoms with van der Waals surface area (Å²) in [5.74, 6) is -0.355. The molecule has 1 aliphatic carbocycles. The summed E-state index contributed by atoms with van der Waals surface area (Å²) in [6.07, 6.45) is 2.34. The van der Waals surface area contributed by atoms with Gasteiger partial charge in [0.2, 0.25) is 0 Å². The van der Waals surface area contributed by atoms with Gasteiger partial charge in [0.25, 0.3) is 5.91 Å². The number of aromatic nitrogens is 3. The van der Waals surface area contributed by atoms with E-state index in [1.807, 2.05) is 12.1 Å². The van der Waals surface area contributed by atoms with E-state index in [-0.39, 0.29) is 11.5 Å². The van der Waals surface area contributed by atoms with Gasteiger partial charge < -0.3 is 10.2 Å². The minimum atomic E-state index is -4.58. The molecule has 3 aromatic rings. The molecular formula is C21H19F3IN5O. The van der Waals surface area contributed by atoms with Gasteiger partial charge in [0.15, 0.2) is 5.65 Å². The van der Waals surface area contributed by atoms with Crippen molar-refractivity contribution in [3.05, 3.63) is 51.4 Å². The number of benzene rings is 1. The standard InChI is InChI=1S/C21H19F3IN5O/c22-21(23,24)15-12-26-30-8-3-17(27-18(15)30)28-19(31)14-2-1-13(25)11-16(14)29-9-6-20(4-5-20)7-10-29/h1-3,8,11-12H,4-7,9-10H2,(H,27,28,31). The molecule has 0 bridgehead atoms. The number of hydrogen-bond acceptors (Lipinski definition) is 4. The van der Waals surface area contributed by atoms with E-state index in [0.29, 0.717) is 11.0 Å². The average Bonchev–Trinajstić information content (AvgIpc) is 3.32. The third-order valence-electron chi connectivity index (χ3n) is 6.24. The Morgan fingerprint density at radius 2 is 1.87 bits per heavy atom. The normalized spacial score (nSPS) is 17.9. The molecule has 0 atom stereocenters. The van der Waals surface area contributed by atoms with Gasteiger partial charge in [-0.3, -0.25) is 4.79 Å². The minimum Gasteiger partial charge on any atom is -0.371 e. The van der Waals surface area contributed by atoms with Crippen molar-refractivity contribution < 1.29 is 18.0 Å². The van der Waals surface area contributed by atoms with Crippen LogP contribution in [0.5, 0.6) is 0 Å². The van der Waals surface area contributed by atoms with Gasteiger partial charge >= 0.3 is 6.18 Å². The van der Waals surface area contributed by atoms with Crippen LogP contribution in [0.15, 0.2) is 36.7 Å². The van der Waals surface area contributed by atoms with E-state index in [9.17, 15) is 18.0 Å². The molecule has 0 unspecified atom stereocenters. The van der Waals surface area contributed by atoms with E-state index >= 15 is 0 Å². The quantitative estimate of drug-likeness (QED) is 0.475. The number of piperidine rings is 1.